The average Bonchev–Trinajstić information content (AvgIpc) is 1.15. The van der Waals surface area contributed by atoms with Crippen molar-refractivity contribution in [2.24, 2.45) is 0 Å². The van der Waals surface area contributed by atoms with Gasteiger partial charge in [-0.25, -0.2) is 0 Å². The second kappa shape index (κ2) is 34.2. The summed E-state index contributed by atoms with van der Waals surface area (Å²) < 4.78 is 30.0. The third kappa shape index (κ3) is 19.7. The molecule has 0 saturated heterocycles. The quantitative estimate of drug-likeness (QED) is 0.165. The van der Waals surface area contributed by atoms with Crippen LogP contribution in [0.15, 0.2) is 109 Å². The van der Waals surface area contributed by atoms with Crippen LogP contribution in [0.5, 0.6) is 23.0 Å². The van der Waals surface area contributed by atoms with Gasteiger partial charge in [-0.3, -0.25) is 0 Å². The number of aryl methyl sites for hydroxylation is 10. The van der Waals surface area contributed by atoms with E-state index in [0.717, 1.165) is 68.3 Å². The molecule has 4 nitrogen and oxygen atoms in total. The van der Waals surface area contributed by atoms with Crippen molar-refractivity contribution in [3.63, 3.8) is 0 Å². The maximum atomic E-state index is 7.51. The van der Waals surface area contributed by atoms with Crippen molar-refractivity contribution in [2.45, 2.75) is 334 Å². The molecule has 2 fully saturated rings. The maximum Gasteiger partial charge on any atom is 0.245 e. The molecule has 604 valence electrons. The summed E-state index contributed by atoms with van der Waals surface area (Å²) in [5.41, 5.74) is 32.5. The highest BCUT2D eigenvalue weighted by Gasteiger charge is 2.39. The fourth-order valence-corrected chi connectivity index (χ4v) is 27.9. The molecule has 4 aliphatic rings. The number of fused-ring (bicyclic) bond motifs is 6. The molecule has 2 heterocycles. The Morgan fingerprint density at radius 2 is 0.482 bits per heavy atom. The number of rotatable bonds is 4. The van der Waals surface area contributed by atoms with Gasteiger partial charge in [0.25, 0.3) is 0 Å². The lowest BCUT2D eigenvalue weighted by Crippen LogP contribution is -2.36. The number of benzene rings is 8. The van der Waals surface area contributed by atoms with E-state index in [0.29, 0.717) is 21.0 Å². The molecule has 0 bridgehead atoms. The predicted molar refractivity (Wildman–Crippen MR) is 505 cm³/mol. The zero-order valence-electron chi connectivity index (χ0n) is 74.1. The highest BCUT2D eigenvalue weighted by atomic mass is 32.2. The van der Waals surface area contributed by atoms with Crippen LogP contribution in [0.25, 0.3) is 44.5 Å². The Bertz CT molecular complexity index is 4540. The van der Waals surface area contributed by atoms with Crippen LogP contribution in [0, 0.1) is 69.2 Å². The van der Waals surface area contributed by atoms with Gasteiger partial charge in [-0.05, 0) is 230 Å². The molecule has 8 aromatic rings. The van der Waals surface area contributed by atoms with Crippen molar-refractivity contribution in [2.75, 3.05) is 0 Å². The summed E-state index contributed by atoms with van der Waals surface area (Å²) in [4.78, 5) is 0. The lowest BCUT2D eigenvalue weighted by Gasteiger charge is -2.34. The monoisotopic (exact) mass is 1580 g/mol. The van der Waals surface area contributed by atoms with E-state index in [1.54, 1.807) is 0 Å². The highest BCUT2D eigenvalue weighted by Crippen LogP contribution is 2.55. The third-order valence-corrected chi connectivity index (χ3v) is 33.0. The van der Waals surface area contributed by atoms with Crippen molar-refractivity contribution in [1.82, 2.24) is 0 Å². The van der Waals surface area contributed by atoms with E-state index in [1.165, 1.54) is 199 Å². The first-order valence-corrected chi connectivity index (χ1v) is 48.5. The molecule has 112 heavy (non-hydrogen) atoms. The van der Waals surface area contributed by atoms with Crippen LogP contribution in [-0.2, 0) is 44.7 Å². The zero-order valence-corrected chi connectivity index (χ0v) is 77.4. The van der Waals surface area contributed by atoms with Gasteiger partial charge in [0.1, 0.15) is 23.0 Å². The summed E-state index contributed by atoms with van der Waals surface area (Å²) in [5.74, 6) is 25.7. The average molecular weight is 1580 g/mol. The third-order valence-electron chi connectivity index (χ3n) is 24.3. The molecule has 8 atom stereocenters. The van der Waals surface area contributed by atoms with Gasteiger partial charge in [-0.2, -0.15) is 41.9 Å². The highest BCUT2D eigenvalue weighted by molar-refractivity contribution is 8.18. The molecule has 2 saturated carbocycles. The summed E-state index contributed by atoms with van der Waals surface area (Å²) in [6.45, 7) is 58.8. The van der Waals surface area contributed by atoms with E-state index >= 15 is 0 Å². The van der Waals surface area contributed by atoms with E-state index in [-0.39, 0.29) is 63.6 Å². The molecule has 2 aliphatic carbocycles. The van der Waals surface area contributed by atoms with Gasteiger partial charge in [0, 0.05) is 116 Å². The van der Waals surface area contributed by atoms with Crippen LogP contribution >= 0.6 is 41.9 Å². The van der Waals surface area contributed by atoms with Gasteiger partial charge < -0.3 is 18.9 Å². The van der Waals surface area contributed by atoms with Crippen LogP contribution in [0.2, 0.25) is 0 Å². The first-order chi connectivity index (χ1) is 52.3. The first-order valence-electron chi connectivity index (χ1n) is 42.0. The Balaban J connectivity index is 0.000000222. The molecular formula is C104H140O4S4. The standard InChI is InChI=1S/C53H72O2S2.C51H68O2S2/c1-33-23-35(3)47(36(4)24-33)43-29-41(51(7,8)9)27-39-31-56(15)45-21-19-17-18-20-22-46(45)57(16)32-40-28-42(52(10,11)12)30-44(48-37(5)25-34(2)26-38(48)6)50(40)55-53(13,14)54-49(39)43;1-33-21-19-22-34(2)45(33)41-29-39(49(5,6)7)27-37-31-54(13)43-25-17-15-16-18-26-44(43)55(14)32-38-28-40(50(8,9)10)30-42(46-35(3)23-20-24-36(46)4)48(38)53-51(11,12)52-47(37)41/h23-30,45-46H,15-22,31-32H2,1-14H3;19-24,27-30,43-44H,13-18,25-26,31-32H2,1-12H3. The Morgan fingerprint density at radius 3 is 0.679 bits per heavy atom. The molecule has 0 amide bonds. The van der Waals surface area contributed by atoms with E-state index in [9.17, 15) is 0 Å². The van der Waals surface area contributed by atoms with Gasteiger partial charge in [0.15, 0.2) is 0 Å². The van der Waals surface area contributed by atoms with Crippen LogP contribution < -0.4 is 18.9 Å². The fourth-order valence-electron chi connectivity index (χ4n) is 18.4. The Morgan fingerprint density at radius 1 is 0.286 bits per heavy atom. The SMILES string of the molecule is C=S1Cc2cc(C(C)(C)C)cc(-c3c(C)cc(C)cc3C)c2OC(C)(C)Oc2c(cc(C(C)(C)C)cc2-c2c(C)cc(C)cc2C)CS(=C)C2CCCCCCC21.C=S1Cc2cc(C(C)(C)C)cc(-c3c(C)cccc3C)c2OC(C)(C)Oc2c(cc(C(C)(C)C)cc2-c2c(C)cccc2C)CS(=C)C2CCCCCCC21. The molecule has 8 unspecified atom stereocenters. The number of hydrogen-bond acceptors (Lipinski definition) is 4. The van der Waals surface area contributed by atoms with Gasteiger partial charge in [-0.1, -0.05) is 254 Å². The molecule has 2 aliphatic heterocycles. The van der Waals surface area contributed by atoms with E-state index in [1.807, 2.05) is 0 Å². The smallest absolute Gasteiger partial charge is 0.245 e. The second-order valence-electron chi connectivity index (χ2n) is 39.2. The lowest BCUT2D eigenvalue weighted by molar-refractivity contribution is -0.0816. The minimum atomic E-state index is -1.01. The van der Waals surface area contributed by atoms with Crippen molar-refractivity contribution < 1.29 is 18.9 Å². The fraction of sp³-hybridized carbons (Fsp3) is 0.500. The first kappa shape index (κ1) is 86.7. The number of hydrogen-bond donors (Lipinski definition) is 0. The summed E-state index contributed by atoms with van der Waals surface area (Å²) in [5, 5.41) is 2.04. The van der Waals surface area contributed by atoms with Crippen LogP contribution in [0.1, 0.15) is 288 Å². The minimum absolute atomic E-state index is 0.0417. The lowest BCUT2D eigenvalue weighted by atomic mass is 9.82. The van der Waals surface area contributed by atoms with Crippen molar-refractivity contribution in [3.8, 4) is 67.5 Å². The molecule has 0 N–H and O–H groups in total. The van der Waals surface area contributed by atoms with Crippen molar-refractivity contribution >= 4 is 65.4 Å². The largest absolute Gasteiger partial charge is 0.452 e. The molecule has 8 aromatic carbocycles. The summed E-state index contributed by atoms with van der Waals surface area (Å²) in [6, 6.07) is 42.0. The normalized spacial score (nSPS) is 22.0. The topological polar surface area (TPSA) is 36.9 Å². The second-order valence-corrected chi connectivity index (χ2v) is 47.1. The van der Waals surface area contributed by atoms with Crippen molar-refractivity contribution in [1.29, 1.82) is 0 Å². The Labute approximate surface area is 690 Å². The van der Waals surface area contributed by atoms with Crippen molar-refractivity contribution in [3.05, 3.63) is 209 Å². The van der Waals surface area contributed by atoms with Crippen LogP contribution in [0.4, 0.5) is 0 Å². The van der Waals surface area contributed by atoms with Gasteiger partial charge >= 0.3 is 0 Å². The summed E-state index contributed by atoms with van der Waals surface area (Å²) >= 11 is 0. The van der Waals surface area contributed by atoms with Crippen LogP contribution in [0.3, 0.4) is 0 Å². The Kier molecular flexibility index (Phi) is 26.5. The van der Waals surface area contributed by atoms with Gasteiger partial charge in [0.05, 0.1) is 0 Å². The van der Waals surface area contributed by atoms with Crippen LogP contribution in [-0.4, -0.2) is 56.1 Å². The Hall–Kier alpha value is -6.16. The number of ether oxygens (including phenoxy) is 4. The van der Waals surface area contributed by atoms with Gasteiger partial charge in [0.2, 0.25) is 11.6 Å². The molecule has 12 rings (SSSR count). The molecule has 8 heteroatoms. The van der Waals surface area contributed by atoms with E-state index < -0.39 is 11.6 Å². The minimum Gasteiger partial charge on any atom is -0.452 e. The summed E-state index contributed by atoms with van der Waals surface area (Å²) in [7, 11) is -0.530. The van der Waals surface area contributed by atoms with E-state index in [4.69, 9.17) is 42.4 Å². The zero-order chi connectivity index (χ0) is 81.8. The van der Waals surface area contributed by atoms with E-state index in [2.05, 4.69) is 289 Å². The summed E-state index contributed by atoms with van der Waals surface area (Å²) in [6.07, 6.45) is 15.2. The van der Waals surface area contributed by atoms with Gasteiger partial charge in [-0.15, -0.1) is 0 Å². The predicted octanol–water partition coefficient (Wildman–Crippen LogP) is 29.7. The molecule has 0 spiro atoms. The molecular weight excluding hydrogens is 1440 g/mol. The molecule has 0 radical (unpaired) electrons. The molecule has 0 aromatic heterocycles. The maximum absolute atomic E-state index is 7.51.